The zero-order chi connectivity index (χ0) is 33.5. The highest BCUT2D eigenvalue weighted by molar-refractivity contribution is 7.26. The molecule has 7 aromatic carbocycles. The van der Waals surface area contributed by atoms with Gasteiger partial charge in [0, 0.05) is 53.5 Å². The fourth-order valence-electron chi connectivity index (χ4n) is 7.69. The van der Waals surface area contributed by atoms with Crippen molar-refractivity contribution in [2.75, 3.05) is 0 Å². The molecule has 0 aliphatic heterocycles. The molecule has 11 rings (SSSR count). The number of nitrogens with zero attached hydrogens (tertiary/aromatic N) is 3. The molecule has 0 atom stereocenters. The average Bonchev–Trinajstić information content (AvgIpc) is 3.88. The van der Waals surface area contributed by atoms with Crippen LogP contribution in [0.15, 0.2) is 168 Å². The summed E-state index contributed by atoms with van der Waals surface area (Å²) in [6.07, 6.45) is 0. The van der Waals surface area contributed by atoms with Crippen molar-refractivity contribution in [3.63, 3.8) is 0 Å². The monoisotopic (exact) mass is 669 g/mol. The van der Waals surface area contributed by atoms with Gasteiger partial charge in [-0.05, 0) is 47.5 Å². The van der Waals surface area contributed by atoms with Gasteiger partial charge in [0.05, 0.1) is 22.1 Å². The first-order valence-electron chi connectivity index (χ1n) is 17.1. The van der Waals surface area contributed by atoms with Crippen molar-refractivity contribution in [2.45, 2.75) is 0 Å². The molecular formula is C46H27N3OS. The van der Waals surface area contributed by atoms with Gasteiger partial charge in [0.25, 0.3) is 0 Å². The van der Waals surface area contributed by atoms with Crippen LogP contribution in [0.2, 0.25) is 0 Å². The van der Waals surface area contributed by atoms with E-state index in [9.17, 15) is 0 Å². The molecule has 0 saturated carbocycles. The fourth-order valence-corrected chi connectivity index (χ4v) is 8.90. The van der Waals surface area contributed by atoms with E-state index in [1.807, 2.05) is 18.2 Å². The number of aromatic nitrogens is 3. The summed E-state index contributed by atoms with van der Waals surface area (Å²) in [4.78, 5) is 10.7. The summed E-state index contributed by atoms with van der Waals surface area (Å²) < 4.78 is 11.3. The lowest BCUT2D eigenvalue weighted by Gasteiger charge is -2.13. The van der Waals surface area contributed by atoms with Crippen molar-refractivity contribution in [1.29, 1.82) is 0 Å². The molecule has 0 fully saturated rings. The van der Waals surface area contributed by atoms with Gasteiger partial charge >= 0.3 is 0 Å². The lowest BCUT2D eigenvalue weighted by atomic mass is 10.0. The molecule has 0 spiro atoms. The predicted octanol–water partition coefficient (Wildman–Crippen LogP) is 12.8. The topological polar surface area (TPSA) is 43.9 Å². The van der Waals surface area contributed by atoms with Crippen molar-refractivity contribution in [2.24, 2.45) is 0 Å². The van der Waals surface area contributed by atoms with Crippen LogP contribution in [0.5, 0.6) is 0 Å². The minimum absolute atomic E-state index is 0.697. The summed E-state index contributed by atoms with van der Waals surface area (Å²) in [6.45, 7) is 0. The molecule has 0 N–H and O–H groups in total. The molecule has 0 radical (unpaired) electrons. The highest BCUT2D eigenvalue weighted by atomic mass is 32.1. The quantitative estimate of drug-likeness (QED) is 0.187. The number of fused-ring (bicyclic) bond motifs is 10. The Morgan fingerprint density at radius 3 is 2.08 bits per heavy atom. The van der Waals surface area contributed by atoms with E-state index in [1.54, 1.807) is 11.3 Å². The molecule has 0 saturated heterocycles. The number of hydrogen-bond acceptors (Lipinski definition) is 4. The maximum atomic E-state index is 6.59. The molecule has 0 aliphatic rings. The number of rotatable bonds is 4. The van der Waals surface area contributed by atoms with Crippen LogP contribution in [0.1, 0.15) is 0 Å². The predicted molar refractivity (Wildman–Crippen MR) is 213 cm³/mol. The zero-order valence-electron chi connectivity index (χ0n) is 27.2. The Balaban J connectivity index is 1.20. The average molecular weight is 670 g/mol. The molecule has 4 aromatic heterocycles. The summed E-state index contributed by atoms with van der Waals surface area (Å²) in [5.41, 5.74) is 9.16. The largest absolute Gasteiger partial charge is 0.455 e. The van der Waals surface area contributed by atoms with Crippen molar-refractivity contribution >= 4 is 75.3 Å². The number of benzene rings is 7. The van der Waals surface area contributed by atoms with Crippen LogP contribution in [0.4, 0.5) is 0 Å². The number of furan rings is 1. The minimum atomic E-state index is 0.697. The number of para-hydroxylation sites is 2. The lowest BCUT2D eigenvalue weighted by Crippen LogP contribution is -2.02. The highest BCUT2D eigenvalue weighted by Crippen LogP contribution is 2.42. The second kappa shape index (κ2) is 11.0. The first-order valence-corrected chi connectivity index (χ1v) is 17.9. The first-order chi connectivity index (χ1) is 25.3. The molecular weight excluding hydrogens is 643 g/mol. The van der Waals surface area contributed by atoms with Gasteiger partial charge in [-0.15, -0.1) is 11.3 Å². The Labute approximate surface area is 296 Å². The third kappa shape index (κ3) is 4.32. The lowest BCUT2D eigenvalue weighted by molar-refractivity contribution is 0.673. The molecule has 51 heavy (non-hydrogen) atoms. The molecule has 11 aromatic rings. The Kier molecular flexibility index (Phi) is 6.09. The minimum Gasteiger partial charge on any atom is -0.455 e. The molecule has 4 heterocycles. The van der Waals surface area contributed by atoms with Crippen LogP contribution in [0.25, 0.3) is 104 Å². The van der Waals surface area contributed by atoms with Crippen LogP contribution in [0, 0.1) is 0 Å². The van der Waals surface area contributed by atoms with Crippen molar-refractivity contribution < 1.29 is 4.42 Å². The fraction of sp³-hybridized carbons (Fsp3) is 0. The van der Waals surface area contributed by atoms with E-state index >= 15 is 0 Å². The second-order valence-corrected chi connectivity index (χ2v) is 14.0. The molecule has 0 amide bonds. The molecule has 238 valence electrons. The standard InChI is InChI=1S/C46H27N3OS/c1-2-11-28(12-3-1)29-21-23-30(24-22-29)37-27-42(48-46(47-37)36-17-10-16-34-32-14-6-9-20-41(32)51-45(34)36)49-38-18-7-4-15-35(38)43-39(49)26-25-33-31-13-5-8-19-40(31)50-44(33)43/h1-27H. The van der Waals surface area contributed by atoms with E-state index in [-0.39, 0.29) is 0 Å². The second-order valence-electron chi connectivity index (χ2n) is 12.9. The van der Waals surface area contributed by atoms with Crippen LogP contribution in [-0.2, 0) is 0 Å². The summed E-state index contributed by atoms with van der Waals surface area (Å²) in [7, 11) is 0. The van der Waals surface area contributed by atoms with Crippen LogP contribution >= 0.6 is 11.3 Å². The molecule has 4 nitrogen and oxygen atoms in total. The SMILES string of the molecule is c1ccc(-c2ccc(-c3cc(-n4c5ccccc5c5c6oc7ccccc7c6ccc54)nc(-c4cccc5c4sc4ccccc45)n3)cc2)cc1. The molecule has 5 heteroatoms. The Bertz CT molecular complexity index is 3130. The van der Waals surface area contributed by atoms with E-state index in [1.165, 1.54) is 31.3 Å². The van der Waals surface area contributed by atoms with Gasteiger partial charge in [-0.3, -0.25) is 4.57 Å². The van der Waals surface area contributed by atoms with Crippen molar-refractivity contribution in [1.82, 2.24) is 14.5 Å². The van der Waals surface area contributed by atoms with E-state index in [0.717, 1.165) is 66.4 Å². The van der Waals surface area contributed by atoms with Gasteiger partial charge in [0.15, 0.2) is 5.82 Å². The Morgan fingerprint density at radius 2 is 1.20 bits per heavy atom. The summed E-state index contributed by atoms with van der Waals surface area (Å²) in [5.74, 6) is 1.50. The van der Waals surface area contributed by atoms with E-state index < -0.39 is 0 Å². The summed E-state index contributed by atoms with van der Waals surface area (Å²) >= 11 is 1.80. The van der Waals surface area contributed by atoms with E-state index in [0.29, 0.717) is 5.82 Å². The maximum Gasteiger partial charge on any atom is 0.163 e. The van der Waals surface area contributed by atoms with Gasteiger partial charge in [-0.1, -0.05) is 121 Å². The van der Waals surface area contributed by atoms with Gasteiger partial charge in [-0.2, -0.15) is 0 Å². The first kappa shape index (κ1) is 28.3. The Hall–Kier alpha value is -6.56. The zero-order valence-corrected chi connectivity index (χ0v) is 28.1. The summed E-state index contributed by atoms with van der Waals surface area (Å²) in [5, 5.41) is 6.91. The van der Waals surface area contributed by atoms with E-state index in [4.69, 9.17) is 14.4 Å². The molecule has 0 unspecified atom stereocenters. The van der Waals surface area contributed by atoms with Gasteiger partial charge in [0.1, 0.15) is 17.0 Å². The van der Waals surface area contributed by atoms with Gasteiger partial charge in [0.2, 0.25) is 0 Å². The smallest absolute Gasteiger partial charge is 0.163 e. The van der Waals surface area contributed by atoms with Crippen LogP contribution < -0.4 is 0 Å². The number of hydrogen-bond donors (Lipinski definition) is 0. The maximum absolute atomic E-state index is 6.59. The van der Waals surface area contributed by atoms with Gasteiger partial charge in [-0.25, -0.2) is 9.97 Å². The van der Waals surface area contributed by atoms with Crippen LogP contribution in [-0.4, -0.2) is 14.5 Å². The highest BCUT2D eigenvalue weighted by Gasteiger charge is 2.21. The molecule has 0 aliphatic carbocycles. The molecule has 0 bridgehead atoms. The summed E-state index contributed by atoms with van der Waals surface area (Å²) in [6, 6.07) is 57.6. The normalized spacial score (nSPS) is 11.9. The van der Waals surface area contributed by atoms with E-state index in [2.05, 4.69) is 150 Å². The van der Waals surface area contributed by atoms with Crippen LogP contribution in [0.3, 0.4) is 0 Å². The third-order valence-corrected chi connectivity index (χ3v) is 11.3. The van der Waals surface area contributed by atoms with Crippen molar-refractivity contribution in [3.05, 3.63) is 164 Å². The van der Waals surface area contributed by atoms with Crippen molar-refractivity contribution in [3.8, 4) is 39.6 Å². The van der Waals surface area contributed by atoms with Gasteiger partial charge < -0.3 is 4.42 Å². The Morgan fingerprint density at radius 1 is 0.490 bits per heavy atom. The number of thiophene rings is 1. The third-order valence-electron chi connectivity index (χ3n) is 10.1.